The van der Waals surface area contributed by atoms with E-state index in [9.17, 15) is 0 Å². The number of para-hydroxylation sites is 1. The van der Waals surface area contributed by atoms with Gasteiger partial charge in [0.05, 0.1) is 11.0 Å². The van der Waals surface area contributed by atoms with Crippen LogP contribution >= 0.6 is 0 Å². The Kier molecular flexibility index (Phi) is 5.90. The van der Waals surface area contributed by atoms with Gasteiger partial charge in [-0.1, -0.05) is 133 Å². The summed E-state index contributed by atoms with van der Waals surface area (Å²) in [5.41, 5.74) is 11.8. The van der Waals surface area contributed by atoms with Gasteiger partial charge in [-0.25, -0.2) is 4.98 Å². The van der Waals surface area contributed by atoms with E-state index in [1.165, 1.54) is 44.2 Å². The molecule has 1 aliphatic carbocycles. The molecule has 0 saturated carbocycles. The fourth-order valence-corrected chi connectivity index (χ4v) is 7.42. The molecule has 9 aromatic rings. The molecule has 0 spiro atoms. The number of rotatable bonds is 4. The van der Waals surface area contributed by atoms with Crippen molar-refractivity contribution in [3.05, 3.63) is 169 Å². The number of fused-ring (bicyclic) bond motifs is 5. The Balaban J connectivity index is 1.16. The van der Waals surface area contributed by atoms with Crippen LogP contribution in [0.25, 0.3) is 83.6 Å². The first-order chi connectivity index (χ1) is 23.8. The molecule has 2 heterocycles. The van der Waals surface area contributed by atoms with Crippen LogP contribution in [0, 0.1) is 0 Å². The van der Waals surface area contributed by atoms with E-state index < -0.39 is 0 Å². The van der Waals surface area contributed by atoms with E-state index in [4.69, 9.17) is 15.0 Å². The fourth-order valence-electron chi connectivity index (χ4n) is 7.42. The van der Waals surface area contributed by atoms with Crippen LogP contribution in [0.15, 0.2) is 158 Å². The Morgan fingerprint density at radius 2 is 1.06 bits per heavy atom. The molecular weight excluding hydrogens is 585 g/mol. The molecule has 224 valence electrons. The summed E-state index contributed by atoms with van der Waals surface area (Å²) in [5, 5.41) is 5.01. The monoisotopic (exact) mass is 612 g/mol. The van der Waals surface area contributed by atoms with Crippen LogP contribution in [0.3, 0.4) is 0 Å². The molecule has 2 aromatic heterocycles. The lowest BCUT2D eigenvalue weighted by atomic mass is 9.82. The average molecular weight is 613 g/mol. The van der Waals surface area contributed by atoms with Gasteiger partial charge in [0.1, 0.15) is 0 Å². The molecule has 0 amide bonds. The summed E-state index contributed by atoms with van der Waals surface area (Å²) < 4.78 is 2.18. The minimum Gasteiger partial charge on any atom is -0.278 e. The minimum absolute atomic E-state index is 0.599. The van der Waals surface area contributed by atoms with Crippen molar-refractivity contribution >= 4 is 32.6 Å². The van der Waals surface area contributed by atoms with Crippen LogP contribution in [0.5, 0.6) is 0 Å². The summed E-state index contributed by atoms with van der Waals surface area (Å²) in [6.07, 6.45) is 0.957. The number of aromatic nitrogens is 4. The standard InChI is InChI=1S/C44H28N4/c1-3-11-29(12-4-1)42-45-43(30-13-5-2-6-14-30)47-44(46-42)48-39-20-8-7-18-35(39)38-27-32(23-24-40(38)48)31-21-22-33-25-34-17-9-15-28-16-10-19-36(41(28)34)37(33)26-31/h1-24,26-27H,25H2. The molecule has 0 atom stereocenters. The maximum absolute atomic E-state index is 5.08. The van der Waals surface area contributed by atoms with Crippen molar-refractivity contribution in [1.82, 2.24) is 19.5 Å². The summed E-state index contributed by atoms with van der Waals surface area (Å²) in [5.74, 6) is 1.89. The molecule has 0 saturated heterocycles. The molecule has 0 aliphatic heterocycles. The van der Waals surface area contributed by atoms with E-state index in [-0.39, 0.29) is 0 Å². The van der Waals surface area contributed by atoms with Crippen LogP contribution in [-0.2, 0) is 6.42 Å². The molecular formula is C44H28N4. The normalized spacial score (nSPS) is 12.1. The molecule has 10 rings (SSSR count). The molecule has 4 heteroatoms. The SMILES string of the molecule is c1ccc(-c2nc(-c3ccccc3)nc(-n3c4ccccc4c4cc(-c5ccc6c(c5)-c5cccc7cccc(c57)C6)ccc43)n2)cc1. The van der Waals surface area contributed by atoms with Gasteiger partial charge in [-0.05, 0) is 74.8 Å². The van der Waals surface area contributed by atoms with Crippen molar-refractivity contribution in [2.75, 3.05) is 0 Å². The maximum Gasteiger partial charge on any atom is 0.238 e. The third-order valence-electron chi connectivity index (χ3n) is 9.67. The van der Waals surface area contributed by atoms with Crippen LogP contribution < -0.4 is 0 Å². The van der Waals surface area contributed by atoms with E-state index >= 15 is 0 Å². The second-order valence-electron chi connectivity index (χ2n) is 12.5. The van der Waals surface area contributed by atoms with E-state index in [0.717, 1.165) is 39.4 Å². The summed E-state index contributed by atoms with van der Waals surface area (Å²) >= 11 is 0. The molecule has 1 aliphatic rings. The number of nitrogens with zero attached hydrogens (tertiary/aromatic N) is 4. The van der Waals surface area contributed by atoms with Crippen molar-refractivity contribution in [3.63, 3.8) is 0 Å². The van der Waals surface area contributed by atoms with E-state index in [1.54, 1.807) is 0 Å². The fraction of sp³-hybridized carbons (Fsp3) is 0.0227. The van der Waals surface area contributed by atoms with E-state index in [0.29, 0.717) is 17.6 Å². The summed E-state index contributed by atoms with van der Waals surface area (Å²) in [6, 6.07) is 55.9. The predicted molar refractivity (Wildman–Crippen MR) is 196 cm³/mol. The van der Waals surface area contributed by atoms with Gasteiger partial charge in [0.2, 0.25) is 5.95 Å². The van der Waals surface area contributed by atoms with Gasteiger partial charge in [-0.3, -0.25) is 4.57 Å². The van der Waals surface area contributed by atoms with Gasteiger partial charge in [-0.15, -0.1) is 0 Å². The Morgan fingerprint density at radius 3 is 1.83 bits per heavy atom. The second kappa shape index (κ2) is 10.6. The summed E-state index contributed by atoms with van der Waals surface area (Å²) in [6.45, 7) is 0. The summed E-state index contributed by atoms with van der Waals surface area (Å²) in [7, 11) is 0. The van der Waals surface area contributed by atoms with Gasteiger partial charge in [0.15, 0.2) is 11.6 Å². The highest BCUT2D eigenvalue weighted by molar-refractivity contribution is 6.10. The molecule has 0 N–H and O–H groups in total. The number of benzene rings is 7. The second-order valence-corrected chi connectivity index (χ2v) is 12.5. The van der Waals surface area contributed by atoms with Gasteiger partial charge in [0.25, 0.3) is 0 Å². The quantitative estimate of drug-likeness (QED) is 0.199. The topological polar surface area (TPSA) is 43.6 Å². The number of hydrogen-bond donors (Lipinski definition) is 0. The summed E-state index contributed by atoms with van der Waals surface area (Å²) in [4.78, 5) is 15.1. The minimum atomic E-state index is 0.599. The Labute approximate surface area is 277 Å². The van der Waals surface area contributed by atoms with Crippen molar-refractivity contribution in [2.24, 2.45) is 0 Å². The lowest BCUT2D eigenvalue weighted by Gasteiger charge is -2.21. The molecule has 48 heavy (non-hydrogen) atoms. The first kappa shape index (κ1) is 26.8. The maximum atomic E-state index is 5.08. The zero-order valence-corrected chi connectivity index (χ0v) is 26.0. The third-order valence-corrected chi connectivity index (χ3v) is 9.67. The van der Waals surface area contributed by atoms with Gasteiger partial charge in [0, 0.05) is 21.9 Å². The van der Waals surface area contributed by atoms with Crippen LogP contribution in [0.1, 0.15) is 11.1 Å². The van der Waals surface area contributed by atoms with Crippen LogP contribution in [0.4, 0.5) is 0 Å². The van der Waals surface area contributed by atoms with Crippen molar-refractivity contribution in [3.8, 4) is 51.0 Å². The van der Waals surface area contributed by atoms with Crippen molar-refractivity contribution < 1.29 is 0 Å². The van der Waals surface area contributed by atoms with E-state index in [1.807, 2.05) is 60.7 Å². The Morgan fingerprint density at radius 1 is 0.417 bits per heavy atom. The Bertz CT molecular complexity index is 2630. The molecule has 0 bridgehead atoms. The first-order valence-corrected chi connectivity index (χ1v) is 16.3. The molecule has 4 nitrogen and oxygen atoms in total. The van der Waals surface area contributed by atoms with Crippen LogP contribution in [-0.4, -0.2) is 19.5 Å². The Hall–Kier alpha value is -6.39. The lowest BCUT2D eigenvalue weighted by molar-refractivity contribution is 0.953. The largest absolute Gasteiger partial charge is 0.278 e. The average Bonchev–Trinajstić information content (AvgIpc) is 3.49. The number of hydrogen-bond acceptors (Lipinski definition) is 3. The molecule has 0 radical (unpaired) electrons. The smallest absolute Gasteiger partial charge is 0.238 e. The molecule has 7 aromatic carbocycles. The molecule has 0 unspecified atom stereocenters. The third kappa shape index (κ3) is 4.20. The van der Waals surface area contributed by atoms with Gasteiger partial charge >= 0.3 is 0 Å². The lowest BCUT2D eigenvalue weighted by Crippen LogP contribution is -2.06. The van der Waals surface area contributed by atoms with Crippen LogP contribution in [0.2, 0.25) is 0 Å². The van der Waals surface area contributed by atoms with Crippen molar-refractivity contribution in [1.29, 1.82) is 0 Å². The first-order valence-electron chi connectivity index (χ1n) is 16.3. The molecule has 0 fully saturated rings. The highest BCUT2D eigenvalue weighted by Gasteiger charge is 2.21. The van der Waals surface area contributed by atoms with Crippen molar-refractivity contribution in [2.45, 2.75) is 6.42 Å². The highest BCUT2D eigenvalue weighted by Crippen LogP contribution is 2.42. The van der Waals surface area contributed by atoms with E-state index in [2.05, 4.69) is 102 Å². The van der Waals surface area contributed by atoms with Gasteiger partial charge < -0.3 is 0 Å². The van der Waals surface area contributed by atoms with Gasteiger partial charge in [-0.2, -0.15) is 9.97 Å². The zero-order chi connectivity index (χ0) is 31.6. The highest BCUT2D eigenvalue weighted by atomic mass is 15.2. The predicted octanol–water partition coefficient (Wildman–Crippen LogP) is 10.7. The zero-order valence-electron chi connectivity index (χ0n) is 26.0.